The van der Waals surface area contributed by atoms with E-state index in [4.69, 9.17) is 9.47 Å². The summed E-state index contributed by atoms with van der Waals surface area (Å²) in [7, 11) is 0. The van der Waals surface area contributed by atoms with Crippen molar-refractivity contribution in [1.29, 1.82) is 0 Å². The van der Waals surface area contributed by atoms with Gasteiger partial charge in [0.25, 0.3) is 0 Å². The Bertz CT molecular complexity index is 1030. The summed E-state index contributed by atoms with van der Waals surface area (Å²) >= 11 is 1.23. The van der Waals surface area contributed by atoms with Gasteiger partial charge in [0.15, 0.2) is 17.2 Å². The Kier molecular flexibility index (Phi) is 7.71. The molecular weight excluding hydrogens is 506 g/mol. The van der Waals surface area contributed by atoms with E-state index in [1.165, 1.54) is 24.1 Å². The molecule has 2 bridgehead atoms. The van der Waals surface area contributed by atoms with Crippen LogP contribution in [-0.2, 0) is 12.4 Å². The van der Waals surface area contributed by atoms with Gasteiger partial charge < -0.3 is 9.47 Å². The van der Waals surface area contributed by atoms with Crippen molar-refractivity contribution in [3.05, 3.63) is 47.7 Å². The van der Waals surface area contributed by atoms with Crippen molar-refractivity contribution in [3.8, 4) is 11.5 Å². The second kappa shape index (κ2) is 10.3. The van der Waals surface area contributed by atoms with Crippen LogP contribution in [0.1, 0.15) is 63.5 Å². The molecule has 0 atom stereocenters. The minimum absolute atomic E-state index is 0.0261. The lowest BCUT2D eigenvalue weighted by Crippen LogP contribution is -2.59. The molecule has 2 aromatic rings. The van der Waals surface area contributed by atoms with Crippen LogP contribution in [0.3, 0.4) is 0 Å². The van der Waals surface area contributed by atoms with Crippen molar-refractivity contribution in [3.63, 3.8) is 0 Å². The molecule has 0 radical (unpaired) electrons. The Hall–Kier alpha value is -2.14. The van der Waals surface area contributed by atoms with Crippen LogP contribution in [0.5, 0.6) is 11.5 Å². The van der Waals surface area contributed by atoms with Gasteiger partial charge in [-0.3, -0.25) is 0 Å². The number of fused-ring (bicyclic) bond motifs is 2. The minimum Gasteiger partial charge on any atom is -0.489 e. The Morgan fingerprint density at radius 1 is 0.972 bits per heavy atom. The molecule has 1 aromatic carbocycles. The number of nitrogens with zero attached hydrogens (tertiary/aromatic N) is 2. The van der Waals surface area contributed by atoms with Gasteiger partial charge in [0.05, 0.1) is 17.7 Å². The van der Waals surface area contributed by atoms with Crippen molar-refractivity contribution >= 4 is 11.9 Å². The third-order valence-corrected chi connectivity index (χ3v) is 7.60. The molecule has 2 fully saturated rings. The lowest BCUT2D eigenvalue weighted by molar-refractivity contribution is -0.138. The number of piperidine rings is 2. The van der Waals surface area contributed by atoms with Gasteiger partial charge in [0, 0.05) is 25.1 Å². The lowest BCUT2D eigenvalue weighted by Gasteiger charge is -2.53. The highest BCUT2D eigenvalue weighted by Gasteiger charge is 2.49. The van der Waals surface area contributed by atoms with Gasteiger partial charge in [-0.05, 0) is 73.9 Å². The van der Waals surface area contributed by atoms with Crippen molar-refractivity contribution < 1.29 is 35.8 Å². The van der Waals surface area contributed by atoms with E-state index in [9.17, 15) is 26.3 Å². The molecule has 2 saturated heterocycles. The lowest BCUT2D eigenvalue weighted by atomic mass is 9.84. The number of hydrogen-bond acceptors (Lipinski definition) is 5. The second-order valence-corrected chi connectivity index (χ2v) is 10.6. The van der Waals surface area contributed by atoms with Crippen LogP contribution in [0.2, 0.25) is 0 Å². The summed E-state index contributed by atoms with van der Waals surface area (Å²) in [5.74, 6) is 0.340. The number of benzene rings is 1. The Morgan fingerprint density at radius 2 is 1.61 bits per heavy atom. The zero-order chi connectivity index (χ0) is 26.1. The van der Waals surface area contributed by atoms with Crippen molar-refractivity contribution in [1.82, 2.24) is 9.29 Å². The fourth-order valence-electron chi connectivity index (χ4n) is 4.63. The standard InChI is InChI=1S/C25H28F6N2O2S/c1-16(2)15-34-21-13-17(24(26,27)28)7-9-20(21)35-23-11-3-5-19(6-4-12-23)33(23)36-22-10-8-18(14-32-22)25(29,30)31/h7-10,13-14,16,19H,3-6,11-12,15H2,1-2H3. The molecule has 2 aliphatic heterocycles. The average molecular weight is 535 g/mol. The van der Waals surface area contributed by atoms with Gasteiger partial charge in [0.2, 0.25) is 0 Å². The molecule has 4 nitrogen and oxygen atoms in total. The third-order valence-electron chi connectivity index (χ3n) is 6.34. The molecule has 4 rings (SSSR count). The molecule has 0 N–H and O–H groups in total. The third kappa shape index (κ3) is 6.04. The van der Waals surface area contributed by atoms with Gasteiger partial charge in [0.1, 0.15) is 5.03 Å². The summed E-state index contributed by atoms with van der Waals surface area (Å²) in [6.07, 6.45) is -3.42. The number of alkyl halides is 6. The van der Waals surface area contributed by atoms with E-state index in [2.05, 4.69) is 4.98 Å². The SMILES string of the molecule is CC(C)COc1cc(C(F)(F)F)ccc1OC12CCCC(CCC1)N2Sc1ccc(C(F)(F)F)cn1. The average Bonchev–Trinajstić information content (AvgIpc) is 2.78. The first kappa shape index (κ1) is 26.9. The smallest absolute Gasteiger partial charge is 0.417 e. The molecule has 0 unspecified atom stereocenters. The Labute approximate surface area is 210 Å². The number of hydrogen-bond donors (Lipinski definition) is 0. The molecule has 1 aromatic heterocycles. The summed E-state index contributed by atoms with van der Waals surface area (Å²) in [6.45, 7) is 4.02. The predicted molar refractivity (Wildman–Crippen MR) is 124 cm³/mol. The van der Waals surface area contributed by atoms with Crippen LogP contribution >= 0.6 is 11.9 Å². The summed E-state index contributed by atoms with van der Waals surface area (Å²) in [5.41, 5.74) is -2.49. The fourth-order valence-corrected chi connectivity index (χ4v) is 5.81. The molecular formula is C25H28F6N2O2S. The molecule has 0 saturated carbocycles. The van der Waals surface area contributed by atoms with Gasteiger partial charge in [-0.15, -0.1) is 0 Å². The summed E-state index contributed by atoms with van der Waals surface area (Å²) in [4.78, 5) is 4.01. The van der Waals surface area contributed by atoms with Crippen molar-refractivity contribution in [2.45, 2.75) is 81.5 Å². The van der Waals surface area contributed by atoms with E-state index >= 15 is 0 Å². The van der Waals surface area contributed by atoms with Crippen LogP contribution < -0.4 is 9.47 Å². The van der Waals surface area contributed by atoms with Gasteiger partial charge in [-0.25, -0.2) is 9.29 Å². The topological polar surface area (TPSA) is 34.6 Å². The number of rotatable bonds is 7. The van der Waals surface area contributed by atoms with Gasteiger partial charge in [-0.1, -0.05) is 13.8 Å². The minimum atomic E-state index is -4.52. The van der Waals surface area contributed by atoms with Gasteiger partial charge in [-0.2, -0.15) is 26.3 Å². The molecule has 11 heteroatoms. The largest absolute Gasteiger partial charge is 0.489 e. The van der Waals surface area contributed by atoms with E-state index in [1.54, 1.807) is 0 Å². The summed E-state index contributed by atoms with van der Waals surface area (Å²) in [6, 6.07) is 5.68. The first-order chi connectivity index (χ1) is 16.9. The quantitative estimate of drug-likeness (QED) is 0.266. The highest BCUT2D eigenvalue weighted by molar-refractivity contribution is 7.97. The molecule has 198 valence electrons. The second-order valence-electron chi connectivity index (χ2n) is 9.65. The molecule has 2 aliphatic rings. The highest BCUT2D eigenvalue weighted by atomic mass is 32.2. The Morgan fingerprint density at radius 3 is 2.17 bits per heavy atom. The first-order valence-electron chi connectivity index (χ1n) is 11.9. The van der Waals surface area contributed by atoms with E-state index in [-0.39, 0.29) is 30.1 Å². The fraction of sp³-hybridized carbons (Fsp3) is 0.560. The van der Waals surface area contributed by atoms with Crippen molar-refractivity contribution in [2.75, 3.05) is 6.61 Å². The predicted octanol–water partition coefficient (Wildman–Crippen LogP) is 7.97. The van der Waals surface area contributed by atoms with Crippen LogP contribution in [0.4, 0.5) is 26.3 Å². The van der Waals surface area contributed by atoms with Gasteiger partial charge >= 0.3 is 12.4 Å². The Balaban J connectivity index is 1.64. The number of aromatic nitrogens is 1. The zero-order valence-electron chi connectivity index (χ0n) is 20.0. The normalized spacial score (nSPS) is 23.1. The van der Waals surface area contributed by atoms with E-state index in [1.807, 2.05) is 18.2 Å². The monoisotopic (exact) mass is 534 g/mol. The van der Waals surface area contributed by atoms with Crippen LogP contribution in [0, 0.1) is 5.92 Å². The molecule has 3 heterocycles. The number of pyridine rings is 1. The maximum Gasteiger partial charge on any atom is 0.417 e. The van der Waals surface area contributed by atoms with Crippen LogP contribution in [0.25, 0.3) is 0 Å². The van der Waals surface area contributed by atoms with E-state index in [0.717, 1.165) is 50.1 Å². The number of ether oxygens (including phenoxy) is 2. The van der Waals surface area contributed by atoms with Crippen LogP contribution in [0.15, 0.2) is 41.6 Å². The summed E-state index contributed by atoms with van der Waals surface area (Å²) < 4.78 is 93.3. The van der Waals surface area contributed by atoms with Crippen LogP contribution in [-0.4, -0.2) is 27.7 Å². The summed E-state index contributed by atoms with van der Waals surface area (Å²) in [5, 5.41) is 0.397. The zero-order valence-corrected chi connectivity index (χ0v) is 20.8. The van der Waals surface area contributed by atoms with E-state index in [0.29, 0.717) is 17.9 Å². The highest BCUT2D eigenvalue weighted by Crippen LogP contribution is 2.50. The maximum absolute atomic E-state index is 13.4. The van der Waals surface area contributed by atoms with E-state index < -0.39 is 29.2 Å². The maximum atomic E-state index is 13.4. The molecule has 0 amide bonds. The number of halogens is 6. The molecule has 0 spiro atoms. The van der Waals surface area contributed by atoms with Crippen molar-refractivity contribution in [2.24, 2.45) is 5.92 Å². The first-order valence-corrected chi connectivity index (χ1v) is 12.7. The molecule has 36 heavy (non-hydrogen) atoms. The molecule has 0 aliphatic carbocycles.